The molecule has 0 radical (unpaired) electrons. The summed E-state index contributed by atoms with van der Waals surface area (Å²) in [5.74, 6) is 0.443. The standard InChI is InChI=1S/C10H16N4O/c1-3-4-5-14-10(12)8(6-11)9(13-14)7-15-2/h3-5,7,12H2,1-2H3. The molecule has 0 bridgehead atoms. The number of anilines is 1. The molecule has 0 unspecified atom stereocenters. The minimum absolute atomic E-state index is 0.326. The van der Waals surface area contributed by atoms with Gasteiger partial charge in [0.2, 0.25) is 0 Å². The molecule has 0 saturated heterocycles. The molecule has 0 aliphatic rings. The van der Waals surface area contributed by atoms with Crippen LogP contribution in [-0.4, -0.2) is 16.9 Å². The molecule has 0 aromatic carbocycles. The molecule has 0 aliphatic heterocycles. The molecule has 0 spiro atoms. The normalized spacial score (nSPS) is 10.2. The van der Waals surface area contributed by atoms with Crippen LogP contribution in [0.2, 0.25) is 0 Å². The van der Waals surface area contributed by atoms with Crippen molar-refractivity contribution in [1.82, 2.24) is 9.78 Å². The van der Waals surface area contributed by atoms with E-state index in [4.69, 9.17) is 15.7 Å². The van der Waals surface area contributed by atoms with Crippen molar-refractivity contribution in [2.45, 2.75) is 32.9 Å². The molecule has 1 heterocycles. The van der Waals surface area contributed by atoms with E-state index in [0.29, 0.717) is 23.7 Å². The summed E-state index contributed by atoms with van der Waals surface area (Å²) in [6, 6.07) is 2.06. The number of nitrogen functional groups attached to an aromatic ring is 1. The molecule has 15 heavy (non-hydrogen) atoms. The van der Waals surface area contributed by atoms with Gasteiger partial charge < -0.3 is 10.5 Å². The van der Waals surface area contributed by atoms with Gasteiger partial charge in [0, 0.05) is 13.7 Å². The number of rotatable bonds is 5. The highest BCUT2D eigenvalue weighted by atomic mass is 16.5. The number of aromatic nitrogens is 2. The van der Waals surface area contributed by atoms with Gasteiger partial charge >= 0.3 is 0 Å². The Hall–Kier alpha value is -1.54. The van der Waals surface area contributed by atoms with Gasteiger partial charge in [0.15, 0.2) is 0 Å². The van der Waals surface area contributed by atoms with E-state index in [-0.39, 0.29) is 0 Å². The lowest BCUT2D eigenvalue weighted by atomic mass is 10.2. The average Bonchev–Trinajstić information content (AvgIpc) is 2.52. The Morgan fingerprint density at radius 1 is 1.60 bits per heavy atom. The van der Waals surface area contributed by atoms with E-state index in [0.717, 1.165) is 19.4 Å². The van der Waals surface area contributed by atoms with Crippen molar-refractivity contribution in [3.8, 4) is 6.07 Å². The van der Waals surface area contributed by atoms with Gasteiger partial charge in [-0.3, -0.25) is 0 Å². The van der Waals surface area contributed by atoms with Gasteiger partial charge in [0.05, 0.1) is 6.61 Å². The molecule has 1 aromatic heterocycles. The second-order valence-corrected chi connectivity index (χ2v) is 3.33. The summed E-state index contributed by atoms with van der Waals surface area (Å²) in [5, 5.41) is 13.2. The first kappa shape index (κ1) is 11.5. The maximum absolute atomic E-state index is 8.93. The first-order valence-corrected chi connectivity index (χ1v) is 4.98. The molecule has 1 rings (SSSR count). The Morgan fingerprint density at radius 2 is 2.33 bits per heavy atom. The highest BCUT2D eigenvalue weighted by Gasteiger charge is 2.14. The summed E-state index contributed by atoms with van der Waals surface area (Å²) in [6.07, 6.45) is 2.07. The number of methoxy groups -OCH3 is 1. The maximum atomic E-state index is 8.93. The molecule has 0 saturated carbocycles. The molecule has 2 N–H and O–H groups in total. The highest BCUT2D eigenvalue weighted by Crippen LogP contribution is 2.17. The third-order valence-corrected chi connectivity index (χ3v) is 2.18. The van der Waals surface area contributed by atoms with Crippen molar-refractivity contribution >= 4 is 5.82 Å². The van der Waals surface area contributed by atoms with E-state index in [1.807, 2.05) is 0 Å². The fourth-order valence-electron chi connectivity index (χ4n) is 1.36. The van der Waals surface area contributed by atoms with Gasteiger partial charge in [0.1, 0.15) is 23.1 Å². The van der Waals surface area contributed by atoms with Crippen molar-refractivity contribution in [3.05, 3.63) is 11.3 Å². The van der Waals surface area contributed by atoms with Crippen LogP contribution in [0.4, 0.5) is 5.82 Å². The fourth-order valence-corrected chi connectivity index (χ4v) is 1.36. The number of unbranched alkanes of at least 4 members (excludes halogenated alkanes) is 1. The van der Waals surface area contributed by atoms with Crippen molar-refractivity contribution in [1.29, 1.82) is 5.26 Å². The maximum Gasteiger partial charge on any atom is 0.140 e. The van der Waals surface area contributed by atoms with Crippen molar-refractivity contribution in [2.75, 3.05) is 12.8 Å². The van der Waals surface area contributed by atoms with Gasteiger partial charge in [0.25, 0.3) is 0 Å². The van der Waals surface area contributed by atoms with Crippen LogP contribution < -0.4 is 5.73 Å². The second kappa shape index (κ2) is 5.37. The minimum atomic E-state index is 0.326. The summed E-state index contributed by atoms with van der Waals surface area (Å²) < 4.78 is 6.64. The first-order chi connectivity index (χ1) is 7.24. The molecular formula is C10H16N4O. The van der Waals surface area contributed by atoms with Crippen LogP contribution in [-0.2, 0) is 17.9 Å². The first-order valence-electron chi connectivity index (χ1n) is 4.98. The number of nitrogens with two attached hydrogens (primary N) is 1. The molecule has 5 nitrogen and oxygen atoms in total. The summed E-state index contributed by atoms with van der Waals surface area (Å²) in [7, 11) is 1.57. The number of aryl methyl sites for hydroxylation is 1. The van der Waals surface area contributed by atoms with E-state index in [2.05, 4.69) is 18.1 Å². The largest absolute Gasteiger partial charge is 0.383 e. The van der Waals surface area contributed by atoms with Crippen LogP contribution in [0.5, 0.6) is 0 Å². The third-order valence-electron chi connectivity index (χ3n) is 2.18. The predicted molar refractivity (Wildman–Crippen MR) is 57.0 cm³/mol. The zero-order chi connectivity index (χ0) is 11.3. The molecule has 1 aromatic rings. The van der Waals surface area contributed by atoms with E-state index >= 15 is 0 Å². The quantitative estimate of drug-likeness (QED) is 0.790. The third kappa shape index (κ3) is 2.48. The van der Waals surface area contributed by atoms with Crippen LogP contribution in [0.25, 0.3) is 0 Å². The van der Waals surface area contributed by atoms with Crippen LogP contribution >= 0.6 is 0 Å². The fraction of sp³-hybridized carbons (Fsp3) is 0.600. The minimum Gasteiger partial charge on any atom is -0.383 e. The van der Waals surface area contributed by atoms with Gasteiger partial charge in [-0.1, -0.05) is 13.3 Å². The number of nitriles is 1. The van der Waals surface area contributed by atoms with Gasteiger partial charge in [-0.25, -0.2) is 4.68 Å². The number of ether oxygens (including phenoxy) is 1. The summed E-state index contributed by atoms with van der Waals surface area (Å²) >= 11 is 0. The lowest BCUT2D eigenvalue weighted by Gasteiger charge is -2.01. The summed E-state index contributed by atoms with van der Waals surface area (Å²) in [6.45, 7) is 3.17. The van der Waals surface area contributed by atoms with Gasteiger partial charge in [-0.15, -0.1) is 0 Å². The van der Waals surface area contributed by atoms with E-state index in [1.165, 1.54) is 0 Å². The van der Waals surface area contributed by atoms with E-state index in [1.54, 1.807) is 11.8 Å². The lowest BCUT2D eigenvalue weighted by Crippen LogP contribution is -2.05. The SMILES string of the molecule is CCCCn1nc(COC)c(C#N)c1N. The Morgan fingerprint density at radius 3 is 2.87 bits per heavy atom. The molecule has 0 amide bonds. The molecular weight excluding hydrogens is 192 g/mol. The molecule has 0 aliphatic carbocycles. The molecule has 0 atom stereocenters. The van der Waals surface area contributed by atoms with Crippen LogP contribution in [0.15, 0.2) is 0 Å². The highest BCUT2D eigenvalue weighted by molar-refractivity contribution is 5.51. The van der Waals surface area contributed by atoms with Crippen LogP contribution in [0, 0.1) is 11.3 Å². The topological polar surface area (TPSA) is 76.9 Å². The molecule has 5 heteroatoms. The smallest absolute Gasteiger partial charge is 0.140 e. The molecule has 82 valence electrons. The number of nitrogens with zero attached hydrogens (tertiary/aromatic N) is 3. The van der Waals surface area contributed by atoms with Crippen LogP contribution in [0.3, 0.4) is 0 Å². The van der Waals surface area contributed by atoms with Crippen molar-refractivity contribution in [2.24, 2.45) is 0 Å². The Labute approximate surface area is 89.4 Å². The predicted octanol–water partition coefficient (Wildman–Crippen LogP) is 1.28. The zero-order valence-corrected chi connectivity index (χ0v) is 9.16. The Bertz CT molecular complexity index is 364. The van der Waals surface area contributed by atoms with E-state index < -0.39 is 0 Å². The summed E-state index contributed by atoms with van der Waals surface area (Å²) in [4.78, 5) is 0. The van der Waals surface area contributed by atoms with E-state index in [9.17, 15) is 0 Å². The number of hydrogen-bond donors (Lipinski definition) is 1. The second-order valence-electron chi connectivity index (χ2n) is 3.33. The number of hydrogen-bond acceptors (Lipinski definition) is 4. The average molecular weight is 208 g/mol. The Balaban J connectivity index is 2.94. The van der Waals surface area contributed by atoms with Gasteiger partial charge in [-0.2, -0.15) is 10.4 Å². The zero-order valence-electron chi connectivity index (χ0n) is 9.16. The van der Waals surface area contributed by atoms with Crippen molar-refractivity contribution < 1.29 is 4.74 Å². The monoisotopic (exact) mass is 208 g/mol. The van der Waals surface area contributed by atoms with Crippen LogP contribution in [0.1, 0.15) is 31.0 Å². The van der Waals surface area contributed by atoms with Gasteiger partial charge in [-0.05, 0) is 6.42 Å². The molecule has 0 fully saturated rings. The van der Waals surface area contributed by atoms with Crippen molar-refractivity contribution in [3.63, 3.8) is 0 Å². The lowest BCUT2D eigenvalue weighted by molar-refractivity contribution is 0.180. The Kier molecular flexibility index (Phi) is 4.13. The summed E-state index contributed by atoms with van der Waals surface area (Å²) in [5.41, 5.74) is 6.87.